The van der Waals surface area contributed by atoms with Crippen LogP contribution >= 0.6 is 0 Å². The zero-order valence-corrected chi connectivity index (χ0v) is 14.0. The quantitative estimate of drug-likeness (QED) is 0.752. The van der Waals surface area contributed by atoms with E-state index in [0.717, 1.165) is 29.8 Å². The van der Waals surface area contributed by atoms with Crippen molar-refractivity contribution in [1.82, 2.24) is 15.0 Å². The second-order valence-corrected chi connectivity index (χ2v) is 5.06. The first-order valence-electron chi connectivity index (χ1n) is 8.02. The molecule has 0 aliphatic rings. The van der Waals surface area contributed by atoms with Gasteiger partial charge in [0, 0.05) is 19.8 Å². The van der Waals surface area contributed by atoms with Gasteiger partial charge in [-0.1, -0.05) is 18.2 Å². The zero-order chi connectivity index (χ0) is 17.4. The molecule has 6 heteroatoms. The van der Waals surface area contributed by atoms with E-state index in [1.54, 1.807) is 18.2 Å². The third-order valence-corrected chi connectivity index (χ3v) is 3.35. The number of aromatic hydroxyl groups is 1. The van der Waals surface area contributed by atoms with Crippen LogP contribution in [0.4, 0.5) is 0 Å². The summed E-state index contributed by atoms with van der Waals surface area (Å²) in [5.74, 6) is 0.113. The molecule has 0 aliphatic carbocycles. The van der Waals surface area contributed by atoms with E-state index in [2.05, 4.69) is 10.2 Å². The van der Waals surface area contributed by atoms with Crippen molar-refractivity contribution in [2.45, 2.75) is 20.3 Å². The van der Waals surface area contributed by atoms with E-state index in [4.69, 9.17) is 9.84 Å². The molecular formula is C18H23N3O3. The van der Waals surface area contributed by atoms with E-state index < -0.39 is 0 Å². The molecule has 1 heterocycles. The van der Waals surface area contributed by atoms with Crippen molar-refractivity contribution < 1.29 is 14.9 Å². The molecule has 0 saturated carbocycles. The molecule has 24 heavy (non-hydrogen) atoms. The van der Waals surface area contributed by atoms with Crippen LogP contribution in [0.15, 0.2) is 42.5 Å². The SMILES string of the molecule is CCOCC.OCCc1ccc(O)c(-n2nc3ccccc3n2)c1. The smallest absolute Gasteiger partial charge is 0.143 e. The zero-order valence-electron chi connectivity index (χ0n) is 14.0. The number of aliphatic hydroxyl groups is 1. The first-order chi connectivity index (χ1) is 11.7. The Bertz CT molecular complexity index is 736. The highest BCUT2D eigenvalue weighted by atomic mass is 16.5. The Morgan fingerprint density at radius 3 is 2.12 bits per heavy atom. The normalized spacial score (nSPS) is 10.5. The molecule has 2 N–H and O–H groups in total. The van der Waals surface area contributed by atoms with Gasteiger partial charge in [0.1, 0.15) is 22.5 Å². The predicted octanol–water partition coefficient (Wildman–Crippen LogP) is 2.70. The summed E-state index contributed by atoms with van der Waals surface area (Å²) in [5, 5.41) is 27.5. The third-order valence-electron chi connectivity index (χ3n) is 3.35. The fourth-order valence-electron chi connectivity index (χ4n) is 2.19. The maximum absolute atomic E-state index is 9.92. The molecule has 0 radical (unpaired) electrons. The predicted molar refractivity (Wildman–Crippen MR) is 93.5 cm³/mol. The lowest BCUT2D eigenvalue weighted by molar-refractivity contribution is 0.162. The van der Waals surface area contributed by atoms with E-state index in [0.29, 0.717) is 12.1 Å². The summed E-state index contributed by atoms with van der Waals surface area (Å²) < 4.78 is 4.83. The highest BCUT2D eigenvalue weighted by molar-refractivity contribution is 5.73. The van der Waals surface area contributed by atoms with E-state index in [-0.39, 0.29) is 12.4 Å². The van der Waals surface area contributed by atoms with Crippen LogP contribution in [0.5, 0.6) is 5.75 Å². The molecule has 0 spiro atoms. The van der Waals surface area contributed by atoms with E-state index >= 15 is 0 Å². The monoisotopic (exact) mass is 329 g/mol. The summed E-state index contributed by atoms with van der Waals surface area (Å²) in [7, 11) is 0. The number of phenolic OH excluding ortho intramolecular Hbond substituents is 1. The molecule has 0 unspecified atom stereocenters. The summed E-state index contributed by atoms with van der Waals surface area (Å²) >= 11 is 0. The third kappa shape index (κ3) is 4.53. The average Bonchev–Trinajstić information content (AvgIpc) is 3.02. The standard InChI is InChI=1S/C14H13N3O2.C4H10O/c18-8-7-10-5-6-14(19)13(9-10)17-15-11-3-1-2-4-12(11)16-17;1-3-5-4-2/h1-6,9,18-19H,7-8H2;3-4H2,1-2H3. The maximum atomic E-state index is 9.92. The molecule has 0 fully saturated rings. The number of aromatic nitrogens is 3. The van der Waals surface area contributed by atoms with E-state index in [1.165, 1.54) is 4.80 Å². The van der Waals surface area contributed by atoms with Gasteiger partial charge < -0.3 is 14.9 Å². The Labute approximate surface area is 141 Å². The lowest BCUT2D eigenvalue weighted by Gasteiger charge is -2.05. The van der Waals surface area contributed by atoms with Crippen LogP contribution < -0.4 is 0 Å². The van der Waals surface area contributed by atoms with Crippen molar-refractivity contribution in [3.05, 3.63) is 48.0 Å². The number of rotatable bonds is 5. The second-order valence-electron chi connectivity index (χ2n) is 5.06. The minimum absolute atomic E-state index is 0.0682. The molecule has 0 aliphatic heterocycles. The lowest BCUT2D eigenvalue weighted by atomic mass is 10.1. The van der Waals surface area contributed by atoms with Crippen molar-refractivity contribution in [3.63, 3.8) is 0 Å². The molecule has 2 aromatic carbocycles. The van der Waals surface area contributed by atoms with Gasteiger partial charge in [-0.05, 0) is 50.1 Å². The highest BCUT2D eigenvalue weighted by Gasteiger charge is 2.09. The summed E-state index contributed by atoms with van der Waals surface area (Å²) in [4.78, 5) is 1.42. The number of hydrogen-bond acceptors (Lipinski definition) is 5. The fraction of sp³-hybridized carbons (Fsp3) is 0.333. The van der Waals surface area contributed by atoms with Gasteiger partial charge in [0.05, 0.1) is 0 Å². The van der Waals surface area contributed by atoms with Gasteiger partial charge >= 0.3 is 0 Å². The molecular weight excluding hydrogens is 306 g/mol. The highest BCUT2D eigenvalue weighted by Crippen LogP contribution is 2.23. The summed E-state index contributed by atoms with van der Waals surface area (Å²) in [6, 6.07) is 12.7. The molecule has 3 rings (SSSR count). The number of fused-ring (bicyclic) bond motifs is 1. The fourth-order valence-corrected chi connectivity index (χ4v) is 2.19. The minimum Gasteiger partial charge on any atom is -0.506 e. The van der Waals surface area contributed by atoms with Gasteiger partial charge in [0.2, 0.25) is 0 Å². The summed E-state index contributed by atoms with van der Waals surface area (Å²) in [5.41, 5.74) is 2.99. The topological polar surface area (TPSA) is 80.4 Å². The summed E-state index contributed by atoms with van der Waals surface area (Å²) in [6.07, 6.45) is 0.536. The largest absolute Gasteiger partial charge is 0.506 e. The molecule has 0 bridgehead atoms. The summed E-state index contributed by atoms with van der Waals surface area (Å²) in [6.45, 7) is 5.73. The number of phenols is 1. The molecule has 0 saturated heterocycles. The van der Waals surface area contributed by atoms with Crippen LogP contribution in [0, 0.1) is 0 Å². The van der Waals surface area contributed by atoms with E-state index in [9.17, 15) is 5.11 Å². The first-order valence-corrected chi connectivity index (χ1v) is 8.02. The maximum Gasteiger partial charge on any atom is 0.143 e. The van der Waals surface area contributed by atoms with Gasteiger partial charge in [-0.15, -0.1) is 15.0 Å². The van der Waals surface area contributed by atoms with Crippen LogP contribution in [0.1, 0.15) is 19.4 Å². The van der Waals surface area contributed by atoms with Crippen molar-refractivity contribution in [2.75, 3.05) is 19.8 Å². The molecule has 0 amide bonds. The lowest BCUT2D eigenvalue weighted by Crippen LogP contribution is -2.01. The Kier molecular flexibility index (Phi) is 6.72. The van der Waals surface area contributed by atoms with E-state index in [1.807, 2.05) is 38.1 Å². The van der Waals surface area contributed by atoms with Crippen LogP contribution in [-0.4, -0.2) is 45.0 Å². The first kappa shape index (κ1) is 17.9. The number of benzene rings is 2. The molecule has 3 aromatic rings. The molecule has 0 atom stereocenters. The van der Waals surface area contributed by atoms with Crippen LogP contribution in [0.2, 0.25) is 0 Å². The van der Waals surface area contributed by atoms with Crippen LogP contribution in [-0.2, 0) is 11.2 Å². The number of aliphatic hydroxyl groups excluding tert-OH is 1. The van der Waals surface area contributed by atoms with Gasteiger partial charge in [-0.25, -0.2) is 0 Å². The molecule has 1 aromatic heterocycles. The van der Waals surface area contributed by atoms with Crippen LogP contribution in [0.3, 0.4) is 0 Å². The average molecular weight is 329 g/mol. The van der Waals surface area contributed by atoms with Crippen LogP contribution in [0.25, 0.3) is 16.7 Å². The molecule has 128 valence electrons. The van der Waals surface area contributed by atoms with Crippen molar-refractivity contribution in [1.29, 1.82) is 0 Å². The Morgan fingerprint density at radius 2 is 1.62 bits per heavy atom. The van der Waals surface area contributed by atoms with Crippen molar-refractivity contribution in [3.8, 4) is 11.4 Å². The number of nitrogens with zero attached hydrogens (tertiary/aromatic N) is 3. The van der Waals surface area contributed by atoms with Gasteiger partial charge in [0.15, 0.2) is 0 Å². The molecule has 6 nitrogen and oxygen atoms in total. The number of ether oxygens (including phenoxy) is 1. The van der Waals surface area contributed by atoms with Gasteiger partial charge in [-0.2, -0.15) is 0 Å². The Balaban J connectivity index is 0.000000368. The van der Waals surface area contributed by atoms with Crippen molar-refractivity contribution >= 4 is 11.0 Å². The van der Waals surface area contributed by atoms with Crippen molar-refractivity contribution in [2.24, 2.45) is 0 Å². The Hall–Kier alpha value is -2.44. The number of hydrogen-bond donors (Lipinski definition) is 2. The van der Waals surface area contributed by atoms with Gasteiger partial charge in [0.25, 0.3) is 0 Å². The Morgan fingerprint density at radius 1 is 1.00 bits per heavy atom. The second kappa shape index (κ2) is 9.00. The minimum atomic E-state index is 0.0682. The van der Waals surface area contributed by atoms with Gasteiger partial charge in [-0.3, -0.25) is 0 Å².